The summed E-state index contributed by atoms with van der Waals surface area (Å²) in [4.78, 5) is 4.28. The number of hydrogen-bond acceptors (Lipinski definition) is 3. The molecule has 0 saturated carbocycles. The molecule has 0 saturated heterocycles. The molecule has 0 aliphatic rings. The van der Waals surface area contributed by atoms with Gasteiger partial charge in [-0.2, -0.15) is 5.10 Å². The number of methoxy groups -OCH3 is 1. The molecule has 0 fully saturated rings. The Morgan fingerprint density at radius 2 is 2.35 bits per heavy atom. The number of ether oxygens (including phenoxy) is 1. The van der Waals surface area contributed by atoms with Gasteiger partial charge in [0.15, 0.2) is 5.96 Å². The van der Waals surface area contributed by atoms with Crippen LogP contribution >= 0.6 is 0 Å². The molecular formula is C14H19N5O. The maximum atomic E-state index is 5.84. The van der Waals surface area contributed by atoms with E-state index in [1.165, 1.54) is 0 Å². The van der Waals surface area contributed by atoms with Crippen LogP contribution in [0, 0.1) is 0 Å². The largest absolute Gasteiger partial charge is 0.497 e. The summed E-state index contributed by atoms with van der Waals surface area (Å²) in [6.07, 6.45) is 4.62. The second-order valence-corrected chi connectivity index (χ2v) is 4.40. The van der Waals surface area contributed by atoms with Crippen molar-refractivity contribution in [1.82, 2.24) is 9.78 Å². The summed E-state index contributed by atoms with van der Waals surface area (Å²) in [5, 5.41) is 7.14. The molecule has 0 radical (unpaired) electrons. The van der Waals surface area contributed by atoms with Gasteiger partial charge in [0.25, 0.3) is 0 Å². The second kappa shape index (κ2) is 6.60. The highest BCUT2D eigenvalue weighted by Crippen LogP contribution is 2.16. The second-order valence-electron chi connectivity index (χ2n) is 4.40. The van der Waals surface area contributed by atoms with Gasteiger partial charge in [-0.25, -0.2) is 0 Å². The molecule has 0 amide bonds. The molecule has 1 aromatic heterocycles. The topological polar surface area (TPSA) is 77.5 Å². The summed E-state index contributed by atoms with van der Waals surface area (Å²) in [6, 6.07) is 7.54. The number of benzene rings is 1. The zero-order chi connectivity index (χ0) is 14.4. The fourth-order valence-electron chi connectivity index (χ4n) is 1.79. The third kappa shape index (κ3) is 4.01. The Morgan fingerprint density at radius 1 is 1.50 bits per heavy atom. The quantitative estimate of drug-likeness (QED) is 0.637. The van der Waals surface area contributed by atoms with Crippen LogP contribution in [0.3, 0.4) is 0 Å². The fraction of sp³-hybridized carbons (Fsp3) is 0.286. The SMILES string of the molecule is COc1cccc(NC(N)=NCCc2cnn(C)c2)c1. The van der Waals surface area contributed by atoms with E-state index in [1.807, 2.05) is 43.7 Å². The zero-order valence-corrected chi connectivity index (χ0v) is 11.7. The van der Waals surface area contributed by atoms with Gasteiger partial charge in [0.1, 0.15) is 5.75 Å². The molecule has 0 bridgehead atoms. The van der Waals surface area contributed by atoms with Gasteiger partial charge in [0, 0.05) is 31.5 Å². The van der Waals surface area contributed by atoms with Crippen molar-refractivity contribution in [1.29, 1.82) is 0 Å². The van der Waals surface area contributed by atoms with Gasteiger partial charge in [0.2, 0.25) is 0 Å². The molecule has 0 unspecified atom stereocenters. The van der Waals surface area contributed by atoms with E-state index in [1.54, 1.807) is 11.8 Å². The lowest BCUT2D eigenvalue weighted by Crippen LogP contribution is -2.23. The highest BCUT2D eigenvalue weighted by atomic mass is 16.5. The zero-order valence-electron chi connectivity index (χ0n) is 11.7. The van der Waals surface area contributed by atoms with E-state index in [4.69, 9.17) is 10.5 Å². The molecular weight excluding hydrogens is 254 g/mol. The molecule has 6 heteroatoms. The monoisotopic (exact) mass is 273 g/mol. The summed E-state index contributed by atoms with van der Waals surface area (Å²) in [5.41, 5.74) is 7.84. The van der Waals surface area contributed by atoms with Crippen molar-refractivity contribution in [2.45, 2.75) is 6.42 Å². The van der Waals surface area contributed by atoms with E-state index in [-0.39, 0.29) is 0 Å². The van der Waals surface area contributed by atoms with Crippen LogP contribution < -0.4 is 15.8 Å². The Balaban J connectivity index is 1.87. The van der Waals surface area contributed by atoms with Crippen molar-refractivity contribution in [2.24, 2.45) is 17.8 Å². The third-order valence-corrected chi connectivity index (χ3v) is 2.78. The van der Waals surface area contributed by atoms with Gasteiger partial charge in [0.05, 0.1) is 13.3 Å². The van der Waals surface area contributed by atoms with Crippen LogP contribution in [-0.2, 0) is 13.5 Å². The van der Waals surface area contributed by atoms with Crippen molar-refractivity contribution in [3.63, 3.8) is 0 Å². The number of nitrogens with two attached hydrogens (primary N) is 1. The number of anilines is 1. The molecule has 0 aliphatic heterocycles. The lowest BCUT2D eigenvalue weighted by atomic mass is 10.2. The van der Waals surface area contributed by atoms with Crippen LogP contribution in [0.1, 0.15) is 5.56 Å². The molecule has 0 aliphatic carbocycles. The first-order chi connectivity index (χ1) is 9.67. The number of hydrogen-bond donors (Lipinski definition) is 2. The average molecular weight is 273 g/mol. The van der Waals surface area contributed by atoms with Crippen LogP contribution in [-0.4, -0.2) is 29.4 Å². The number of nitrogens with one attached hydrogen (secondary N) is 1. The number of guanidine groups is 1. The Morgan fingerprint density at radius 3 is 3.05 bits per heavy atom. The summed E-state index contributed by atoms with van der Waals surface area (Å²) in [5.74, 6) is 1.17. The molecule has 1 heterocycles. The van der Waals surface area contributed by atoms with Gasteiger partial charge < -0.3 is 15.8 Å². The van der Waals surface area contributed by atoms with Gasteiger partial charge in [-0.05, 0) is 24.1 Å². The van der Waals surface area contributed by atoms with Gasteiger partial charge in [-0.1, -0.05) is 6.07 Å². The van der Waals surface area contributed by atoms with Crippen LogP contribution in [0.15, 0.2) is 41.7 Å². The van der Waals surface area contributed by atoms with Crippen LogP contribution in [0.25, 0.3) is 0 Å². The predicted molar refractivity (Wildman–Crippen MR) is 80.0 cm³/mol. The number of aryl methyl sites for hydroxylation is 1. The fourth-order valence-corrected chi connectivity index (χ4v) is 1.79. The Labute approximate surface area is 118 Å². The molecule has 0 atom stereocenters. The highest BCUT2D eigenvalue weighted by Gasteiger charge is 1.98. The van der Waals surface area contributed by atoms with Gasteiger partial charge in [-0.3, -0.25) is 9.67 Å². The molecule has 2 rings (SSSR count). The van der Waals surface area contributed by atoms with Crippen LogP contribution in [0.4, 0.5) is 5.69 Å². The van der Waals surface area contributed by atoms with Crippen LogP contribution in [0.2, 0.25) is 0 Å². The Hall–Kier alpha value is -2.50. The van der Waals surface area contributed by atoms with Gasteiger partial charge >= 0.3 is 0 Å². The molecule has 3 N–H and O–H groups in total. The predicted octanol–water partition coefficient (Wildman–Crippen LogP) is 1.40. The number of aromatic nitrogens is 2. The number of aliphatic imine (C=N–C) groups is 1. The lowest BCUT2D eigenvalue weighted by Gasteiger charge is -2.07. The number of nitrogens with zero attached hydrogens (tertiary/aromatic N) is 3. The molecule has 106 valence electrons. The smallest absolute Gasteiger partial charge is 0.193 e. The first kappa shape index (κ1) is 13.9. The van der Waals surface area contributed by atoms with E-state index in [2.05, 4.69) is 15.4 Å². The first-order valence-electron chi connectivity index (χ1n) is 6.36. The maximum absolute atomic E-state index is 5.84. The van der Waals surface area contributed by atoms with E-state index in [9.17, 15) is 0 Å². The minimum atomic E-state index is 0.391. The average Bonchev–Trinajstić information content (AvgIpc) is 2.84. The standard InChI is InChI=1S/C14H19N5O/c1-19-10-11(9-17-19)6-7-16-14(15)18-12-4-3-5-13(8-12)20-2/h3-5,8-10H,6-7H2,1-2H3,(H3,15,16,18). The molecule has 20 heavy (non-hydrogen) atoms. The third-order valence-electron chi connectivity index (χ3n) is 2.78. The maximum Gasteiger partial charge on any atom is 0.193 e. The van der Waals surface area contributed by atoms with Crippen molar-refractivity contribution < 1.29 is 4.74 Å². The Kier molecular flexibility index (Phi) is 4.60. The molecule has 2 aromatic rings. The van der Waals surface area contributed by atoms with Crippen molar-refractivity contribution >= 4 is 11.6 Å². The summed E-state index contributed by atoms with van der Waals surface area (Å²) >= 11 is 0. The van der Waals surface area contributed by atoms with Crippen molar-refractivity contribution in [2.75, 3.05) is 19.0 Å². The molecule has 6 nitrogen and oxygen atoms in total. The molecule has 1 aromatic carbocycles. The summed E-state index contributed by atoms with van der Waals surface area (Å²) < 4.78 is 6.92. The first-order valence-corrected chi connectivity index (χ1v) is 6.36. The lowest BCUT2D eigenvalue weighted by molar-refractivity contribution is 0.415. The minimum Gasteiger partial charge on any atom is -0.497 e. The van der Waals surface area contributed by atoms with E-state index in [0.717, 1.165) is 23.4 Å². The minimum absolute atomic E-state index is 0.391. The van der Waals surface area contributed by atoms with E-state index < -0.39 is 0 Å². The van der Waals surface area contributed by atoms with Crippen molar-refractivity contribution in [3.8, 4) is 5.75 Å². The summed E-state index contributed by atoms with van der Waals surface area (Å²) in [7, 11) is 3.52. The molecule has 0 spiro atoms. The van der Waals surface area contributed by atoms with E-state index in [0.29, 0.717) is 12.5 Å². The normalized spacial score (nSPS) is 11.4. The number of rotatable bonds is 5. The van der Waals surface area contributed by atoms with Crippen molar-refractivity contribution in [3.05, 3.63) is 42.2 Å². The van der Waals surface area contributed by atoms with E-state index >= 15 is 0 Å². The Bertz CT molecular complexity index is 591. The van der Waals surface area contributed by atoms with Gasteiger partial charge in [-0.15, -0.1) is 0 Å². The summed E-state index contributed by atoms with van der Waals surface area (Å²) in [6.45, 7) is 0.620. The highest BCUT2D eigenvalue weighted by molar-refractivity contribution is 5.92. The van der Waals surface area contributed by atoms with Crippen LogP contribution in [0.5, 0.6) is 5.75 Å².